The predicted octanol–water partition coefficient (Wildman–Crippen LogP) is 5.91. The Bertz CT molecular complexity index is 1200. The van der Waals surface area contributed by atoms with E-state index in [1.807, 2.05) is 43.3 Å². The molecule has 4 rings (SSSR count). The van der Waals surface area contributed by atoms with Gasteiger partial charge in [0, 0.05) is 5.92 Å². The van der Waals surface area contributed by atoms with Crippen LogP contribution >= 0.6 is 15.9 Å². The maximum atomic E-state index is 12.8. The monoisotopic (exact) mass is 539 g/mol. The molecule has 1 aliphatic carbocycles. The fourth-order valence-corrected chi connectivity index (χ4v) is 5.01. The second-order valence-electron chi connectivity index (χ2n) is 8.09. The van der Waals surface area contributed by atoms with Crippen LogP contribution in [0.4, 0.5) is 4.79 Å². The number of hydrogen-bond donors (Lipinski definition) is 2. The molecular formula is C27H26BrNO6. The largest absolute Gasteiger partial charge is 0.493 e. The molecule has 3 aromatic carbocycles. The van der Waals surface area contributed by atoms with Crippen LogP contribution in [0, 0.1) is 0 Å². The van der Waals surface area contributed by atoms with Gasteiger partial charge in [0.05, 0.1) is 30.7 Å². The zero-order chi connectivity index (χ0) is 24.9. The van der Waals surface area contributed by atoms with Crippen LogP contribution in [0.2, 0.25) is 0 Å². The minimum atomic E-state index is -1.06. The van der Waals surface area contributed by atoms with E-state index in [1.54, 1.807) is 12.1 Å². The molecule has 1 atom stereocenters. The standard InChI is InChI=1S/C27H26BrNO6/c1-3-34-26-22(28)12-16(13-24(26)33-2)23(14-25(30)31)29-27(32)35-15-21-19-10-6-4-8-17(19)18-9-5-7-11-20(18)21/h4-13,21,23H,3,14-15H2,1-2H3,(H,29,32)(H,30,31)/t23-/m0/s1. The highest BCUT2D eigenvalue weighted by Gasteiger charge is 2.29. The lowest BCUT2D eigenvalue weighted by Gasteiger charge is -2.21. The number of ether oxygens (including phenoxy) is 3. The molecule has 0 aromatic heterocycles. The van der Waals surface area contributed by atoms with E-state index in [0.29, 0.717) is 28.1 Å². The number of carbonyl (C=O) groups is 2. The van der Waals surface area contributed by atoms with Gasteiger partial charge in [0.25, 0.3) is 0 Å². The third-order valence-corrected chi connectivity index (χ3v) is 6.55. The lowest BCUT2D eigenvalue weighted by Crippen LogP contribution is -2.31. The Kier molecular flexibility index (Phi) is 7.60. The van der Waals surface area contributed by atoms with Crippen LogP contribution in [0.25, 0.3) is 11.1 Å². The molecule has 2 N–H and O–H groups in total. The Morgan fingerprint density at radius 3 is 2.26 bits per heavy atom. The van der Waals surface area contributed by atoms with E-state index >= 15 is 0 Å². The first-order valence-electron chi connectivity index (χ1n) is 11.3. The number of carboxylic acids is 1. The second-order valence-corrected chi connectivity index (χ2v) is 8.94. The van der Waals surface area contributed by atoms with Gasteiger partial charge in [-0.25, -0.2) is 4.79 Å². The summed E-state index contributed by atoms with van der Waals surface area (Å²) in [5.74, 6) is -0.210. The van der Waals surface area contributed by atoms with E-state index in [1.165, 1.54) is 7.11 Å². The summed E-state index contributed by atoms with van der Waals surface area (Å²) in [7, 11) is 1.50. The fraction of sp³-hybridized carbons (Fsp3) is 0.259. The van der Waals surface area contributed by atoms with Crippen molar-refractivity contribution in [2.45, 2.75) is 25.3 Å². The van der Waals surface area contributed by atoms with Gasteiger partial charge in [0.15, 0.2) is 11.5 Å². The van der Waals surface area contributed by atoms with Gasteiger partial charge in [-0.15, -0.1) is 0 Å². The number of halogens is 1. The van der Waals surface area contributed by atoms with Gasteiger partial charge in [-0.1, -0.05) is 48.5 Å². The molecular weight excluding hydrogens is 514 g/mol. The first kappa shape index (κ1) is 24.6. The van der Waals surface area contributed by atoms with Gasteiger partial charge in [-0.3, -0.25) is 4.79 Å². The molecule has 0 fully saturated rings. The summed E-state index contributed by atoms with van der Waals surface area (Å²) in [6.07, 6.45) is -1.02. The number of benzene rings is 3. The van der Waals surface area contributed by atoms with Crippen molar-refractivity contribution in [1.82, 2.24) is 5.32 Å². The highest BCUT2D eigenvalue weighted by Crippen LogP contribution is 2.44. The highest BCUT2D eigenvalue weighted by atomic mass is 79.9. The molecule has 1 aliphatic rings. The van der Waals surface area contributed by atoms with E-state index < -0.39 is 18.1 Å². The Hall–Kier alpha value is -3.52. The third-order valence-electron chi connectivity index (χ3n) is 5.96. The van der Waals surface area contributed by atoms with Crippen molar-refractivity contribution >= 4 is 28.0 Å². The summed E-state index contributed by atoms with van der Waals surface area (Å²) in [6, 6.07) is 18.7. The Morgan fingerprint density at radius 1 is 1.06 bits per heavy atom. The lowest BCUT2D eigenvalue weighted by atomic mass is 9.98. The van der Waals surface area contributed by atoms with Crippen molar-refractivity contribution < 1.29 is 28.9 Å². The first-order chi connectivity index (χ1) is 16.9. The Balaban J connectivity index is 1.52. The number of alkyl carbamates (subject to hydrolysis) is 1. The van der Waals surface area contributed by atoms with Crippen LogP contribution in [-0.4, -0.2) is 37.5 Å². The van der Waals surface area contributed by atoms with Gasteiger partial charge in [-0.2, -0.15) is 0 Å². The highest BCUT2D eigenvalue weighted by molar-refractivity contribution is 9.10. The number of carboxylic acid groups (broad SMARTS) is 1. The van der Waals surface area contributed by atoms with Crippen LogP contribution < -0.4 is 14.8 Å². The summed E-state index contributed by atoms with van der Waals surface area (Å²) in [4.78, 5) is 24.4. The quantitative estimate of drug-likeness (QED) is 0.351. The molecule has 0 saturated carbocycles. The summed E-state index contributed by atoms with van der Waals surface area (Å²) in [6.45, 7) is 2.42. The van der Waals surface area contributed by atoms with Crippen LogP contribution in [-0.2, 0) is 9.53 Å². The van der Waals surface area contributed by atoms with E-state index in [2.05, 4.69) is 33.4 Å². The molecule has 8 heteroatoms. The number of rotatable bonds is 9. The molecule has 0 spiro atoms. The molecule has 182 valence electrons. The number of nitrogens with one attached hydrogen (secondary N) is 1. The van der Waals surface area contributed by atoms with E-state index in [4.69, 9.17) is 14.2 Å². The summed E-state index contributed by atoms with van der Waals surface area (Å²) in [5, 5.41) is 12.2. The van der Waals surface area contributed by atoms with E-state index in [0.717, 1.165) is 22.3 Å². The zero-order valence-electron chi connectivity index (χ0n) is 19.4. The van der Waals surface area contributed by atoms with Gasteiger partial charge >= 0.3 is 12.1 Å². The SMILES string of the molecule is CCOc1c(Br)cc([C@H](CC(=O)O)NC(=O)OCC2c3ccccc3-c3ccccc32)cc1OC. The van der Waals surface area contributed by atoms with Crippen LogP contribution in [0.15, 0.2) is 65.1 Å². The van der Waals surface area contributed by atoms with Crippen molar-refractivity contribution in [2.75, 3.05) is 20.3 Å². The predicted molar refractivity (Wildman–Crippen MR) is 135 cm³/mol. The molecule has 0 heterocycles. The molecule has 7 nitrogen and oxygen atoms in total. The average Bonchev–Trinajstić information content (AvgIpc) is 3.17. The number of methoxy groups -OCH3 is 1. The summed E-state index contributed by atoms with van der Waals surface area (Å²) < 4.78 is 17.2. The fourth-order valence-electron chi connectivity index (χ4n) is 4.43. The van der Waals surface area contributed by atoms with Gasteiger partial charge < -0.3 is 24.6 Å². The Morgan fingerprint density at radius 2 is 1.69 bits per heavy atom. The first-order valence-corrected chi connectivity index (χ1v) is 12.1. The average molecular weight is 540 g/mol. The van der Waals surface area contributed by atoms with Gasteiger partial charge in [-0.05, 0) is 62.8 Å². The molecule has 0 bridgehead atoms. The smallest absolute Gasteiger partial charge is 0.407 e. The molecule has 0 unspecified atom stereocenters. The van der Waals surface area contributed by atoms with Crippen molar-refractivity contribution in [1.29, 1.82) is 0 Å². The lowest BCUT2D eigenvalue weighted by molar-refractivity contribution is -0.137. The number of carbonyl (C=O) groups excluding carboxylic acids is 1. The molecule has 0 aliphatic heterocycles. The number of aliphatic carboxylic acids is 1. The molecule has 0 saturated heterocycles. The number of fused-ring (bicyclic) bond motifs is 3. The molecule has 3 aromatic rings. The minimum absolute atomic E-state index is 0.0919. The normalized spacial score (nSPS) is 12.9. The number of hydrogen-bond acceptors (Lipinski definition) is 5. The van der Waals surface area contributed by atoms with Gasteiger partial charge in [0.2, 0.25) is 0 Å². The van der Waals surface area contributed by atoms with Crippen molar-refractivity contribution in [3.63, 3.8) is 0 Å². The number of amides is 1. The zero-order valence-corrected chi connectivity index (χ0v) is 21.0. The van der Waals surface area contributed by atoms with Crippen molar-refractivity contribution in [3.8, 4) is 22.6 Å². The summed E-state index contributed by atoms with van der Waals surface area (Å²) >= 11 is 3.45. The topological polar surface area (TPSA) is 94.1 Å². The van der Waals surface area contributed by atoms with Crippen molar-refractivity contribution in [3.05, 3.63) is 81.8 Å². The molecule has 1 amide bonds. The maximum Gasteiger partial charge on any atom is 0.407 e. The third kappa shape index (κ3) is 5.27. The van der Waals surface area contributed by atoms with Crippen LogP contribution in [0.5, 0.6) is 11.5 Å². The molecule has 0 radical (unpaired) electrons. The summed E-state index contributed by atoms with van der Waals surface area (Å²) in [5.41, 5.74) is 5.01. The van der Waals surface area contributed by atoms with E-state index in [9.17, 15) is 14.7 Å². The van der Waals surface area contributed by atoms with Crippen LogP contribution in [0.3, 0.4) is 0 Å². The molecule has 35 heavy (non-hydrogen) atoms. The Labute approximate surface area is 212 Å². The van der Waals surface area contributed by atoms with E-state index in [-0.39, 0.29) is 18.9 Å². The van der Waals surface area contributed by atoms with Crippen LogP contribution in [0.1, 0.15) is 42.0 Å². The van der Waals surface area contributed by atoms with Crippen molar-refractivity contribution in [2.24, 2.45) is 0 Å². The van der Waals surface area contributed by atoms with Gasteiger partial charge in [0.1, 0.15) is 6.61 Å². The maximum absolute atomic E-state index is 12.8. The minimum Gasteiger partial charge on any atom is -0.493 e. The second kappa shape index (κ2) is 10.8.